The summed E-state index contributed by atoms with van der Waals surface area (Å²) in [5, 5.41) is 0. The Morgan fingerprint density at radius 3 is 2.37 bits per heavy atom. The van der Waals surface area contributed by atoms with Crippen LogP contribution in [0.3, 0.4) is 0 Å². The van der Waals surface area contributed by atoms with Crippen LogP contribution in [-0.4, -0.2) is 18.4 Å². The number of esters is 1. The summed E-state index contributed by atoms with van der Waals surface area (Å²) >= 11 is 0. The average Bonchev–Trinajstić information content (AvgIpc) is 2.32. The standard InChI is InChI=1S/C16H22O3/c1-5-19-16(18)15(11(2)3)14(17)10-13-9-7-6-8-12(13)4/h6-9,11,15H,5,10H2,1-4H3. The highest BCUT2D eigenvalue weighted by molar-refractivity contribution is 6.00. The molecule has 0 aliphatic rings. The number of aryl methyl sites for hydroxylation is 1. The van der Waals surface area contributed by atoms with Crippen LogP contribution in [-0.2, 0) is 20.7 Å². The highest BCUT2D eigenvalue weighted by Gasteiger charge is 2.30. The van der Waals surface area contributed by atoms with Crippen molar-refractivity contribution in [2.24, 2.45) is 11.8 Å². The van der Waals surface area contributed by atoms with E-state index in [1.165, 1.54) is 0 Å². The minimum absolute atomic E-state index is 0.0458. The molecule has 0 radical (unpaired) electrons. The maximum atomic E-state index is 12.3. The van der Waals surface area contributed by atoms with E-state index in [1.807, 2.05) is 45.0 Å². The molecule has 0 saturated carbocycles. The van der Waals surface area contributed by atoms with E-state index in [1.54, 1.807) is 6.92 Å². The van der Waals surface area contributed by atoms with Crippen LogP contribution < -0.4 is 0 Å². The van der Waals surface area contributed by atoms with Crippen molar-refractivity contribution in [3.8, 4) is 0 Å². The number of ketones is 1. The second kappa shape index (κ2) is 7.07. The molecule has 0 heterocycles. The molecule has 19 heavy (non-hydrogen) atoms. The molecule has 104 valence electrons. The number of ether oxygens (including phenoxy) is 1. The Kier molecular flexibility index (Phi) is 5.74. The van der Waals surface area contributed by atoms with Crippen molar-refractivity contribution in [1.29, 1.82) is 0 Å². The third-order valence-electron chi connectivity index (χ3n) is 3.18. The minimum Gasteiger partial charge on any atom is -0.465 e. The van der Waals surface area contributed by atoms with Crippen LogP contribution in [0.25, 0.3) is 0 Å². The van der Waals surface area contributed by atoms with Gasteiger partial charge in [-0.3, -0.25) is 9.59 Å². The SMILES string of the molecule is CCOC(=O)C(C(=O)Cc1ccccc1C)C(C)C. The van der Waals surface area contributed by atoms with E-state index in [-0.39, 0.29) is 18.1 Å². The van der Waals surface area contributed by atoms with E-state index >= 15 is 0 Å². The molecule has 0 aliphatic heterocycles. The van der Waals surface area contributed by atoms with Crippen LogP contribution in [0.15, 0.2) is 24.3 Å². The van der Waals surface area contributed by atoms with Gasteiger partial charge in [0, 0.05) is 6.42 Å². The molecular formula is C16H22O3. The zero-order chi connectivity index (χ0) is 14.4. The predicted molar refractivity (Wildman–Crippen MR) is 74.9 cm³/mol. The van der Waals surface area contributed by atoms with Crippen LogP contribution in [0.5, 0.6) is 0 Å². The first-order valence-electron chi connectivity index (χ1n) is 6.71. The topological polar surface area (TPSA) is 43.4 Å². The van der Waals surface area contributed by atoms with E-state index < -0.39 is 11.9 Å². The zero-order valence-electron chi connectivity index (χ0n) is 12.1. The molecule has 0 bridgehead atoms. The average molecular weight is 262 g/mol. The molecule has 0 spiro atoms. The van der Waals surface area contributed by atoms with Crippen molar-refractivity contribution in [2.75, 3.05) is 6.61 Å². The predicted octanol–water partition coefficient (Wildman–Crippen LogP) is 2.94. The van der Waals surface area contributed by atoms with Crippen molar-refractivity contribution in [2.45, 2.75) is 34.1 Å². The molecule has 1 atom stereocenters. The molecule has 1 rings (SSSR count). The second-order valence-electron chi connectivity index (χ2n) is 5.04. The molecule has 3 nitrogen and oxygen atoms in total. The number of hydrogen-bond acceptors (Lipinski definition) is 3. The molecule has 0 amide bonds. The van der Waals surface area contributed by atoms with Gasteiger partial charge < -0.3 is 4.74 Å². The number of carbonyl (C=O) groups is 2. The minimum atomic E-state index is -0.667. The van der Waals surface area contributed by atoms with Crippen LogP contribution >= 0.6 is 0 Å². The van der Waals surface area contributed by atoms with Gasteiger partial charge in [-0.1, -0.05) is 38.1 Å². The maximum Gasteiger partial charge on any atom is 0.316 e. The third-order valence-corrected chi connectivity index (χ3v) is 3.18. The van der Waals surface area contributed by atoms with Gasteiger partial charge in [0.2, 0.25) is 0 Å². The summed E-state index contributed by atoms with van der Waals surface area (Å²) in [4.78, 5) is 24.2. The monoisotopic (exact) mass is 262 g/mol. The molecule has 0 fully saturated rings. The Hall–Kier alpha value is -1.64. The van der Waals surface area contributed by atoms with Gasteiger partial charge >= 0.3 is 5.97 Å². The van der Waals surface area contributed by atoms with E-state index in [0.717, 1.165) is 11.1 Å². The summed E-state index contributed by atoms with van der Waals surface area (Å²) in [6.07, 6.45) is 0.286. The first-order chi connectivity index (χ1) is 8.97. The molecule has 0 aromatic heterocycles. The zero-order valence-corrected chi connectivity index (χ0v) is 12.1. The van der Waals surface area contributed by atoms with Crippen LogP contribution in [0.4, 0.5) is 0 Å². The summed E-state index contributed by atoms with van der Waals surface area (Å²) in [7, 11) is 0. The first kappa shape index (κ1) is 15.4. The van der Waals surface area contributed by atoms with Crippen molar-refractivity contribution in [3.63, 3.8) is 0 Å². The normalized spacial score (nSPS) is 12.3. The molecule has 1 aromatic rings. The molecular weight excluding hydrogens is 240 g/mol. The van der Waals surface area contributed by atoms with Gasteiger partial charge in [-0.15, -0.1) is 0 Å². The number of hydrogen-bond donors (Lipinski definition) is 0. The van der Waals surface area contributed by atoms with Gasteiger partial charge in [0.25, 0.3) is 0 Å². The largest absolute Gasteiger partial charge is 0.465 e. The van der Waals surface area contributed by atoms with Crippen LogP contribution in [0.2, 0.25) is 0 Å². The fourth-order valence-electron chi connectivity index (χ4n) is 2.11. The van der Waals surface area contributed by atoms with Crippen molar-refractivity contribution in [3.05, 3.63) is 35.4 Å². The number of carbonyl (C=O) groups excluding carboxylic acids is 2. The van der Waals surface area contributed by atoms with Gasteiger partial charge in [0.05, 0.1) is 6.61 Å². The summed E-state index contributed by atoms with van der Waals surface area (Å²) < 4.78 is 4.99. The Morgan fingerprint density at radius 2 is 1.84 bits per heavy atom. The van der Waals surface area contributed by atoms with E-state index in [9.17, 15) is 9.59 Å². The summed E-state index contributed by atoms with van der Waals surface area (Å²) in [6.45, 7) is 7.77. The van der Waals surface area contributed by atoms with E-state index in [0.29, 0.717) is 6.61 Å². The third kappa shape index (κ3) is 4.19. The molecule has 1 aromatic carbocycles. The summed E-state index contributed by atoms with van der Waals surface area (Å²) in [5.41, 5.74) is 2.05. The Bertz CT molecular complexity index is 449. The molecule has 3 heteroatoms. The number of Topliss-reactive ketones (excluding diaryl/α,β-unsaturated/α-hetero) is 1. The fraction of sp³-hybridized carbons (Fsp3) is 0.500. The summed E-state index contributed by atoms with van der Waals surface area (Å²) in [5.74, 6) is -1.19. The molecule has 1 unspecified atom stereocenters. The van der Waals surface area contributed by atoms with Crippen molar-refractivity contribution in [1.82, 2.24) is 0 Å². The molecule has 0 saturated heterocycles. The highest BCUT2D eigenvalue weighted by atomic mass is 16.5. The second-order valence-corrected chi connectivity index (χ2v) is 5.04. The Labute approximate surface area is 115 Å². The lowest BCUT2D eigenvalue weighted by Crippen LogP contribution is -2.32. The van der Waals surface area contributed by atoms with E-state index in [2.05, 4.69) is 0 Å². The van der Waals surface area contributed by atoms with Crippen molar-refractivity contribution < 1.29 is 14.3 Å². The maximum absolute atomic E-state index is 12.3. The number of rotatable bonds is 6. The lowest BCUT2D eigenvalue weighted by atomic mass is 9.87. The van der Waals surface area contributed by atoms with Gasteiger partial charge in [-0.25, -0.2) is 0 Å². The molecule has 0 aliphatic carbocycles. The van der Waals surface area contributed by atoms with Gasteiger partial charge in [-0.2, -0.15) is 0 Å². The summed E-state index contributed by atoms with van der Waals surface area (Å²) in [6, 6.07) is 7.74. The highest BCUT2D eigenvalue weighted by Crippen LogP contribution is 2.18. The Balaban J connectivity index is 2.84. The first-order valence-corrected chi connectivity index (χ1v) is 6.71. The van der Waals surface area contributed by atoms with E-state index in [4.69, 9.17) is 4.74 Å². The van der Waals surface area contributed by atoms with Crippen molar-refractivity contribution >= 4 is 11.8 Å². The lowest BCUT2D eigenvalue weighted by Gasteiger charge is -2.18. The quantitative estimate of drug-likeness (QED) is 0.585. The van der Waals surface area contributed by atoms with Gasteiger partial charge in [0.1, 0.15) is 5.92 Å². The lowest BCUT2D eigenvalue weighted by molar-refractivity contribution is -0.153. The van der Waals surface area contributed by atoms with Gasteiger partial charge in [-0.05, 0) is 30.9 Å². The van der Waals surface area contributed by atoms with Crippen LogP contribution in [0.1, 0.15) is 31.9 Å². The van der Waals surface area contributed by atoms with Gasteiger partial charge in [0.15, 0.2) is 5.78 Å². The fourth-order valence-corrected chi connectivity index (χ4v) is 2.11. The molecule has 0 N–H and O–H groups in total. The van der Waals surface area contributed by atoms with Crippen LogP contribution in [0, 0.1) is 18.8 Å². The smallest absolute Gasteiger partial charge is 0.316 e. The Morgan fingerprint density at radius 1 is 1.21 bits per heavy atom. The number of benzene rings is 1.